The van der Waals surface area contributed by atoms with Crippen molar-refractivity contribution in [1.82, 2.24) is 25.1 Å². The Morgan fingerprint density at radius 2 is 1.90 bits per heavy atom. The molecule has 4 aromatic rings. The number of pyridine rings is 1. The van der Waals surface area contributed by atoms with E-state index in [2.05, 4.69) is 25.7 Å². The second-order valence-corrected chi connectivity index (χ2v) is 8.89. The third-order valence-electron chi connectivity index (χ3n) is 6.17. The largest absolute Gasteiger partial charge is 0.497 e. The number of aromatic nitrogens is 4. The lowest BCUT2D eigenvalue weighted by Gasteiger charge is -2.18. The van der Waals surface area contributed by atoms with Crippen LogP contribution >= 0.6 is 0 Å². The second-order valence-electron chi connectivity index (χ2n) is 8.89. The maximum Gasteiger partial charge on any atom is 0.326 e. The van der Waals surface area contributed by atoms with Crippen LogP contribution in [0.15, 0.2) is 61.1 Å². The number of benzene rings is 2. The minimum atomic E-state index is -1.16. The van der Waals surface area contributed by atoms with Gasteiger partial charge in [-0.05, 0) is 60.4 Å². The molecular weight excluding hydrogens is 503 g/mol. The van der Waals surface area contributed by atoms with Crippen molar-refractivity contribution < 1.29 is 23.8 Å². The summed E-state index contributed by atoms with van der Waals surface area (Å²) in [5.74, 6) is -0.256. The third kappa shape index (κ3) is 6.75. The number of carboxylic acids is 1. The van der Waals surface area contributed by atoms with Crippen molar-refractivity contribution >= 4 is 17.7 Å². The van der Waals surface area contributed by atoms with Crippen LogP contribution in [0.3, 0.4) is 0 Å². The first kappa shape index (κ1) is 27.2. The van der Waals surface area contributed by atoms with Crippen LogP contribution in [0.1, 0.15) is 39.8 Å². The summed E-state index contributed by atoms with van der Waals surface area (Å²) in [4.78, 5) is 33.4. The molecule has 39 heavy (non-hydrogen) atoms. The number of ether oxygens (including phenoxy) is 1. The third-order valence-corrected chi connectivity index (χ3v) is 6.17. The SMILES string of the molecule is CCc1cc(F)cc(C)c1C(=O)NC(Cc1ccc(-n2cnc(CNc3cc(OC)ccn3)n2)cc1)C(=O)O. The number of carbonyl (C=O) groups excluding carboxylic acids is 1. The van der Waals surface area contributed by atoms with E-state index in [-0.39, 0.29) is 6.42 Å². The first-order valence-electron chi connectivity index (χ1n) is 12.3. The molecule has 10 nitrogen and oxygen atoms in total. The van der Waals surface area contributed by atoms with Gasteiger partial charge in [0.05, 0.1) is 19.3 Å². The molecule has 2 aromatic carbocycles. The summed E-state index contributed by atoms with van der Waals surface area (Å²) >= 11 is 0. The van der Waals surface area contributed by atoms with Crippen molar-refractivity contribution in [3.8, 4) is 11.4 Å². The summed E-state index contributed by atoms with van der Waals surface area (Å²) in [5.41, 5.74) is 2.74. The topological polar surface area (TPSA) is 131 Å². The number of nitrogens with one attached hydrogen (secondary N) is 2. The number of carbonyl (C=O) groups is 2. The van der Waals surface area contributed by atoms with Gasteiger partial charge in [-0.15, -0.1) is 5.10 Å². The smallest absolute Gasteiger partial charge is 0.326 e. The fraction of sp³-hybridized carbons (Fsp3) is 0.250. The van der Waals surface area contributed by atoms with Gasteiger partial charge in [-0.2, -0.15) is 0 Å². The molecule has 2 aromatic heterocycles. The number of amides is 1. The maximum atomic E-state index is 13.8. The van der Waals surface area contributed by atoms with E-state index < -0.39 is 23.7 Å². The van der Waals surface area contributed by atoms with E-state index in [1.54, 1.807) is 67.6 Å². The fourth-order valence-electron chi connectivity index (χ4n) is 4.17. The van der Waals surface area contributed by atoms with E-state index in [1.807, 2.05) is 6.92 Å². The monoisotopic (exact) mass is 532 g/mol. The van der Waals surface area contributed by atoms with Gasteiger partial charge in [0.1, 0.15) is 29.8 Å². The Bertz CT molecular complexity index is 1470. The first-order chi connectivity index (χ1) is 18.8. The highest BCUT2D eigenvalue weighted by Gasteiger charge is 2.24. The molecule has 11 heteroatoms. The molecule has 0 aliphatic carbocycles. The Balaban J connectivity index is 1.40. The van der Waals surface area contributed by atoms with Crippen molar-refractivity contribution in [3.63, 3.8) is 0 Å². The zero-order valence-corrected chi connectivity index (χ0v) is 21.8. The standard InChI is InChI=1S/C28H29FN6O4/c1-4-19-13-20(29)11-17(2)26(19)27(36)33-23(28(37)38)12-18-5-7-21(8-6-18)35-16-32-25(34-35)15-31-24-14-22(39-3)9-10-30-24/h5-11,13-14,16,23H,4,12,15H2,1-3H3,(H,30,31)(H,33,36)(H,37,38). The number of hydrogen-bond donors (Lipinski definition) is 3. The van der Waals surface area contributed by atoms with Gasteiger partial charge in [0.2, 0.25) is 0 Å². The van der Waals surface area contributed by atoms with Crippen LogP contribution in [-0.2, 0) is 24.2 Å². The van der Waals surface area contributed by atoms with Crippen molar-refractivity contribution in [3.05, 3.63) is 95.0 Å². The molecule has 3 N–H and O–H groups in total. The van der Waals surface area contributed by atoms with Gasteiger partial charge in [-0.1, -0.05) is 19.1 Å². The minimum absolute atomic E-state index is 0.0725. The molecule has 0 aliphatic rings. The summed E-state index contributed by atoms with van der Waals surface area (Å²) in [6.45, 7) is 3.80. The van der Waals surface area contributed by atoms with Crippen molar-refractivity contribution in [2.75, 3.05) is 12.4 Å². The molecule has 1 amide bonds. The van der Waals surface area contributed by atoms with E-state index in [1.165, 1.54) is 12.1 Å². The number of aryl methyl sites for hydroxylation is 2. The number of rotatable bonds is 11. The van der Waals surface area contributed by atoms with E-state index in [9.17, 15) is 19.1 Å². The molecule has 0 saturated carbocycles. The van der Waals surface area contributed by atoms with Gasteiger partial charge in [-0.3, -0.25) is 4.79 Å². The number of anilines is 1. The lowest BCUT2D eigenvalue weighted by molar-refractivity contribution is -0.139. The molecule has 0 fully saturated rings. The van der Waals surface area contributed by atoms with Crippen LogP contribution in [0, 0.1) is 12.7 Å². The Labute approximate surface area is 224 Å². The molecule has 2 heterocycles. The highest BCUT2D eigenvalue weighted by molar-refractivity contribution is 5.99. The van der Waals surface area contributed by atoms with Crippen LogP contribution in [0.5, 0.6) is 5.75 Å². The molecule has 0 saturated heterocycles. The second kappa shape index (κ2) is 12.2. The molecule has 202 valence electrons. The van der Waals surface area contributed by atoms with Gasteiger partial charge in [0.15, 0.2) is 5.82 Å². The van der Waals surface area contributed by atoms with Gasteiger partial charge >= 0.3 is 5.97 Å². The zero-order valence-electron chi connectivity index (χ0n) is 21.8. The van der Waals surface area contributed by atoms with E-state index in [0.29, 0.717) is 52.6 Å². The summed E-state index contributed by atoms with van der Waals surface area (Å²) in [6, 6.07) is 12.1. The molecule has 0 spiro atoms. The number of nitrogens with zero attached hydrogens (tertiary/aromatic N) is 4. The first-order valence-corrected chi connectivity index (χ1v) is 12.3. The lowest BCUT2D eigenvalue weighted by atomic mass is 9.98. The van der Waals surface area contributed by atoms with Crippen LogP contribution in [-0.4, -0.2) is 49.9 Å². The quantitative estimate of drug-likeness (QED) is 0.266. The normalized spacial score (nSPS) is 11.6. The Hall–Kier alpha value is -4.80. The van der Waals surface area contributed by atoms with E-state index in [4.69, 9.17) is 4.74 Å². The average Bonchev–Trinajstić information content (AvgIpc) is 3.40. The molecule has 0 bridgehead atoms. The summed E-state index contributed by atoms with van der Waals surface area (Å²) < 4.78 is 20.6. The Morgan fingerprint density at radius 3 is 2.59 bits per heavy atom. The molecular formula is C28H29FN6O4. The van der Waals surface area contributed by atoms with Crippen molar-refractivity contribution in [1.29, 1.82) is 0 Å². The number of halogens is 1. The van der Waals surface area contributed by atoms with Crippen molar-refractivity contribution in [2.24, 2.45) is 0 Å². The van der Waals surface area contributed by atoms with E-state index >= 15 is 0 Å². The molecule has 4 rings (SSSR count). The number of hydrogen-bond acceptors (Lipinski definition) is 7. The van der Waals surface area contributed by atoms with E-state index in [0.717, 1.165) is 5.69 Å². The molecule has 0 aliphatic heterocycles. The molecule has 1 unspecified atom stereocenters. The van der Waals surface area contributed by atoms with Gasteiger partial charge in [0, 0.05) is 24.2 Å². The maximum absolute atomic E-state index is 13.8. The lowest BCUT2D eigenvalue weighted by Crippen LogP contribution is -2.42. The Kier molecular flexibility index (Phi) is 8.50. The van der Waals surface area contributed by atoms with Gasteiger partial charge < -0.3 is 20.5 Å². The van der Waals surface area contributed by atoms with Crippen LogP contribution in [0.2, 0.25) is 0 Å². The van der Waals surface area contributed by atoms with Gasteiger partial charge in [-0.25, -0.2) is 23.8 Å². The summed E-state index contributed by atoms with van der Waals surface area (Å²) in [6.07, 6.45) is 3.74. The van der Waals surface area contributed by atoms with Crippen LogP contribution in [0.4, 0.5) is 10.2 Å². The van der Waals surface area contributed by atoms with Crippen molar-refractivity contribution in [2.45, 2.75) is 39.3 Å². The van der Waals surface area contributed by atoms with Gasteiger partial charge in [0.25, 0.3) is 5.91 Å². The molecule has 0 radical (unpaired) electrons. The number of aliphatic carboxylic acids is 1. The fourth-order valence-corrected chi connectivity index (χ4v) is 4.17. The minimum Gasteiger partial charge on any atom is -0.497 e. The summed E-state index contributed by atoms with van der Waals surface area (Å²) in [7, 11) is 1.59. The number of methoxy groups -OCH3 is 1. The Morgan fingerprint density at radius 1 is 1.13 bits per heavy atom. The predicted molar refractivity (Wildman–Crippen MR) is 143 cm³/mol. The highest BCUT2D eigenvalue weighted by atomic mass is 19.1. The predicted octanol–water partition coefficient (Wildman–Crippen LogP) is 3.72. The van der Waals surface area contributed by atoms with Crippen LogP contribution < -0.4 is 15.4 Å². The number of carboxylic acid groups (broad SMARTS) is 1. The highest BCUT2D eigenvalue weighted by Crippen LogP contribution is 2.19. The zero-order chi connectivity index (χ0) is 27.9. The van der Waals surface area contributed by atoms with Crippen LogP contribution in [0.25, 0.3) is 5.69 Å². The molecule has 1 atom stereocenters. The summed E-state index contributed by atoms with van der Waals surface area (Å²) in [5, 5.41) is 20.0. The average molecular weight is 533 g/mol.